The Morgan fingerprint density at radius 1 is 1.43 bits per heavy atom. The van der Waals surface area contributed by atoms with Gasteiger partial charge in [-0.3, -0.25) is 4.79 Å². The summed E-state index contributed by atoms with van der Waals surface area (Å²) in [7, 11) is 0. The number of hydrogen-bond acceptors (Lipinski definition) is 5. The third-order valence-electron chi connectivity index (χ3n) is 3.86. The summed E-state index contributed by atoms with van der Waals surface area (Å²) in [5.74, 6) is -0.0906. The van der Waals surface area contributed by atoms with Gasteiger partial charge in [-0.2, -0.15) is 0 Å². The summed E-state index contributed by atoms with van der Waals surface area (Å²) in [5.41, 5.74) is 7.20. The lowest BCUT2D eigenvalue weighted by Crippen LogP contribution is -2.37. The van der Waals surface area contributed by atoms with E-state index < -0.39 is 0 Å². The zero-order valence-corrected chi connectivity index (χ0v) is 15.1. The zero-order valence-electron chi connectivity index (χ0n) is 12.7. The van der Waals surface area contributed by atoms with E-state index >= 15 is 0 Å². The highest BCUT2D eigenvalue weighted by Gasteiger charge is 2.25. The summed E-state index contributed by atoms with van der Waals surface area (Å²) in [4.78, 5) is 18.9. The van der Waals surface area contributed by atoms with E-state index in [0.717, 1.165) is 35.4 Å². The molecule has 0 saturated carbocycles. The maximum absolute atomic E-state index is 12.3. The van der Waals surface area contributed by atoms with Crippen molar-refractivity contribution in [3.8, 4) is 0 Å². The molecule has 0 radical (unpaired) electrons. The van der Waals surface area contributed by atoms with Gasteiger partial charge in [0.15, 0.2) is 0 Å². The van der Waals surface area contributed by atoms with Gasteiger partial charge in [-0.25, -0.2) is 4.98 Å². The molecule has 1 fully saturated rings. The second-order valence-corrected chi connectivity index (χ2v) is 7.40. The highest BCUT2D eigenvalue weighted by atomic mass is 79.9. The van der Waals surface area contributed by atoms with E-state index in [1.54, 1.807) is 0 Å². The van der Waals surface area contributed by atoms with Crippen molar-refractivity contribution in [3.63, 3.8) is 0 Å². The normalized spacial score (nSPS) is 17.5. The number of rotatable bonds is 5. The Morgan fingerprint density at radius 2 is 2.22 bits per heavy atom. The van der Waals surface area contributed by atoms with Gasteiger partial charge < -0.3 is 16.0 Å². The molecule has 2 heterocycles. The first-order chi connectivity index (χ1) is 11.2. The van der Waals surface area contributed by atoms with E-state index in [2.05, 4.69) is 43.3 Å². The van der Waals surface area contributed by atoms with Crippen LogP contribution in [-0.2, 0) is 6.42 Å². The number of carbonyl (C=O) groups is 1. The number of nitrogens with zero attached hydrogens (tertiary/aromatic N) is 2. The predicted molar refractivity (Wildman–Crippen MR) is 97.1 cm³/mol. The summed E-state index contributed by atoms with van der Waals surface area (Å²) >= 11 is 4.94. The molecule has 3 rings (SSSR count). The highest BCUT2D eigenvalue weighted by Crippen LogP contribution is 2.22. The summed E-state index contributed by atoms with van der Waals surface area (Å²) in [6.07, 6.45) is 1.67. The molecule has 2 aromatic rings. The lowest BCUT2D eigenvalue weighted by Gasteiger charge is -2.19. The van der Waals surface area contributed by atoms with E-state index in [9.17, 15) is 4.79 Å². The van der Waals surface area contributed by atoms with Crippen LogP contribution < -0.4 is 16.0 Å². The quantitative estimate of drug-likeness (QED) is 0.816. The van der Waals surface area contributed by atoms with Gasteiger partial charge in [-0.1, -0.05) is 15.9 Å². The first-order valence-electron chi connectivity index (χ1n) is 7.61. The Morgan fingerprint density at radius 3 is 2.96 bits per heavy atom. The van der Waals surface area contributed by atoms with Gasteiger partial charge >= 0.3 is 0 Å². The number of nitrogens with one attached hydrogen (secondary N) is 1. The molecule has 0 spiro atoms. The minimum atomic E-state index is -0.0906. The van der Waals surface area contributed by atoms with Crippen LogP contribution in [0.1, 0.15) is 21.9 Å². The fraction of sp³-hybridized carbons (Fsp3) is 0.375. The molecule has 3 N–H and O–H groups in total. The summed E-state index contributed by atoms with van der Waals surface area (Å²) in [6, 6.07) is 8.41. The van der Waals surface area contributed by atoms with Crippen LogP contribution in [0.5, 0.6) is 0 Å². The first kappa shape index (κ1) is 16.4. The van der Waals surface area contributed by atoms with E-state index in [0.29, 0.717) is 12.2 Å². The molecule has 0 bridgehead atoms. The average molecular weight is 395 g/mol. The Kier molecular flexibility index (Phi) is 5.30. The van der Waals surface area contributed by atoms with E-state index in [4.69, 9.17) is 5.73 Å². The summed E-state index contributed by atoms with van der Waals surface area (Å²) in [5, 5.41) is 5.81. The molecule has 1 amide bonds. The van der Waals surface area contributed by atoms with Crippen molar-refractivity contribution in [1.29, 1.82) is 0 Å². The van der Waals surface area contributed by atoms with Crippen LogP contribution in [0, 0.1) is 0 Å². The van der Waals surface area contributed by atoms with Crippen molar-refractivity contribution >= 4 is 38.9 Å². The summed E-state index contributed by atoms with van der Waals surface area (Å²) < 4.78 is 1.07. The third-order valence-corrected chi connectivity index (χ3v) is 5.30. The van der Waals surface area contributed by atoms with Crippen molar-refractivity contribution in [3.05, 3.63) is 44.8 Å². The molecule has 5 nitrogen and oxygen atoms in total. The molecule has 7 heteroatoms. The third kappa shape index (κ3) is 4.10. The van der Waals surface area contributed by atoms with Crippen molar-refractivity contribution in [1.82, 2.24) is 10.3 Å². The molecule has 1 unspecified atom stereocenters. The van der Waals surface area contributed by atoms with Crippen LogP contribution in [0.15, 0.2) is 34.1 Å². The lowest BCUT2D eigenvalue weighted by atomic mass is 10.2. The second kappa shape index (κ2) is 7.42. The lowest BCUT2D eigenvalue weighted by molar-refractivity contribution is 0.0936. The number of benzene rings is 1. The number of amides is 1. The number of thiazole rings is 1. The van der Waals surface area contributed by atoms with Crippen LogP contribution >= 0.6 is 27.3 Å². The van der Waals surface area contributed by atoms with Crippen molar-refractivity contribution in [2.75, 3.05) is 24.5 Å². The number of aromatic nitrogens is 1. The van der Waals surface area contributed by atoms with Gasteiger partial charge in [0.05, 0.1) is 5.01 Å². The van der Waals surface area contributed by atoms with Crippen LogP contribution in [0.25, 0.3) is 0 Å². The molecule has 1 saturated heterocycles. The maximum Gasteiger partial charge on any atom is 0.271 e. The molecule has 122 valence electrons. The van der Waals surface area contributed by atoms with Gasteiger partial charge in [-0.05, 0) is 37.2 Å². The SMILES string of the molecule is NCCc1nc(C(=O)NC2CCN(c3ccc(Br)cc3)C2)cs1. The average Bonchev–Trinajstić information content (AvgIpc) is 3.18. The Balaban J connectivity index is 1.56. The van der Waals surface area contributed by atoms with Crippen LogP contribution in [0.4, 0.5) is 5.69 Å². The standard InChI is InChI=1S/C16H19BrN4OS/c17-11-1-3-13(4-2-11)21-8-6-12(9-21)19-16(22)14-10-23-15(20-14)5-7-18/h1-4,10,12H,5-9,18H2,(H,19,22). The Hall–Kier alpha value is -1.44. The maximum atomic E-state index is 12.3. The first-order valence-corrected chi connectivity index (χ1v) is 9.29. The minimum absolute atomic E-state index is 0.0906. The van der Waals surface area contributed by atoms with Crippen molar-refractivity contribution in [2.24, 2.45) is 5.73 Å². The summed E-state index contributed by atoms with van der Waals surface area (Å²) in [6.45, 7) is 2.33. The number of halogens is 1. The zero-order chi connectivity index (χ0) is 16.2. The van der Waals surface area contributed by atoms with E-state index in [1.807, 2.05) is 17.5 Å². The van der Waals surface area contributed by atoms with Gasteiger partial charge in [0.25, 0.3) is 5.91 Å². The largest absolute Gasteiger partial charge is 0.369 e. The number of anilines is 1. The molecule has 1 aromatic heterocycles. The van der Waals surface area contributed by atoms with Crippen LogP contribution in [-0.4, -0.2) is 36.6 Å². The van der Waals surface area contributed by atoms with Gasteiger partial charge in [0, 0.05) is 41.1 Å². The second-order valence-electron chi connectivity index (χ2n) is 5.55. The molecule has 1 aliphatic rings. The number of carbonyl (C=O) groups excluding carboxylic acids is 1. The van der Waals surface area contributed by atoms with Crippen LogP contribution in [0.2, 0.25) is 0 Å². The molecule has 1 aromatic carbocycles. The Bertz CT molecular complexity index is 673. The van der Waals surface area contributed by atoms with Crippen molar-refractivity contribution in [2.45, 2.75) is 18.9 Å². The minimum Gasteiger partial charge on any atom is -0.369 e. The van der Waals surface area contributed by atoms with Crippen LogP contribution in [0.3, 0.4) is 0 Å². The molecule has 23 heavy (non-hydrogen) atoms. The Labute approximate surface area is 148 Å². The number of hydrogen-bond donors (Lipinski definition) is 2. The fourth-order valence-corrected chi connectivity index (χ4v) is 3.74. The molecular weight excluding hydrogens is 376 g/mol. The van der Waals surface area contributed by atoms with E-state index in [1.165, 1.54) is 17.0 Å². The molecule has 1 atom stereocenters. The highest BCUT2D eigenvalue weighted by molar-refractivity contribution is 9.10. The monoisotopic (exact) mass is 394 g/mol. The molecular formula is C16H19BrN4OS. The van der Waals surface area contributed by atoms with Gasteiger partial charge in [-0.15, -0.1) is 11.3 Å². The van der Waals surface area contributed by atoms with Gasteiger partial charge in [0.2, 0.25) is 0 Å². The number of nitrogens with two attached hydrogens (primary N) is 1. The fourth-order valence-electron chi connectivity index (χ4n) is 2.68. The topological polar surface area (TPSA) is 71.2 Å². The predicted octanol–water partition coefficient (Wildman–Crippen LogP) is 2.42. The smallest absolute Gasteiger partial charge is 0.271 e. The van der Waals surface area contributed by atoms with Gasteiger partial charge in [0.1, 0.15) is 5.69 Å². The van der Waals surface area contributed by atoms with Crippen molar-refractivity contribution < 1.29 is 4.79 Å². The molecule has 1 aliphatic heterocycles. The molecule has 0 aliphatic carbocycles. The van der Waals surface area contributed by atoms with E-state index in [-0.39, 0.29) is 11.9 Å².